The first-order valence-electron chi connectivity index (χ1n) is 11.9. The molecule has 3 aromatic rings. The maximum absolute atomic E-state index is 13.3. The van der Waals surface area contributed by atoms with Crippen LogP contribution >= 0.6 is 0 Å². The van der Waals surface area contributed by atoms with E-state index in [4.69, 9.17) is 14.2 Å². The summed E-state index contributed by atoms with van der Waals surface area (Å²) in [7, 11) is 0. The summed E-state index contributed by atoms with van der Waals surface area (Å²) in [5.74, 6) is 0.0458. The van der Waals surface area contributed by atoms with E-state index in [2.05, 4.69) is 4.98 Å². The Hall–Kier alpha value is -4.27. The van der Waals surface area contributed by atoms with Gasteiger partial charge in [0.05, 0.1) is 24.5 Å². The Bertz CT molecular complexity index is 1300. The SMILES string of the molecule is CCOc1cccc(C2/C(=C(/O)c3ccc4c(c3)OCCO4)C(=O)C(=O)N2CCCn2ccnc2)c1. The number of Topliss-reactive ketones (excluding diaryl/α,β-unsaturated/α-hetero) is 1. The van der Waals surface area contributed by atoms with Gasteiger partial charge in [-0.2, -0.15) is 0 Å². The van der Waals surface area contributed by atoms with Crippen molar-refractivity contribution in [2.45, 2.75) is 25.9 Å². The van der Waals surface area contributed by atoms with Crippen LogP contribution in [0.2, 0.25) is 0 Å². The molecule has 0 radical (unpaired) electrons. The Labute approximate surface area is 208 Å². The summed E-state index contributed by atoms with van der Waals surface area (Å²) in [6.45, 7) is 4.16. The van der Waals surface area contributed by atoms with Gasteiger partial charge in [0.1, 0.15) is 24.7 Å². The van der Waals surface area contributed by atoms with Gasteiger partial charge in [-0.25, -0.2) is 4.98 Å². The topological polar surface area (TPSA) is 103 Å². The van der Waals surface area contributed by atoms with Crippen molar-refractivity contribution in [3.8, 4) is 17.2 Å². The molecule has 5 rings (SSSR count). The lowest BCUT2D eigenvalue weighted by Crippen LogP contribution is -2.31. The number of ether oxygens (including phenoxy) is 3. The lowest BCUT2D eigenvalue weighted by Gasteiger charge is -2.26. The monoisotopic (exact) mass is 489 g/mol. The number of carbonyl (C=O) groups excluding carboxylic acids is 2. The molecule has 1 N–H and O–H groups in total. The molecule has 2 aliphatic rings. The minimum absolute atomic E-state index is 0.0351. The maximum atomic E-state index is 13.3. The van der Waals surface area contributed by atoms with Crippen molar-refractivity contribution in [3.05, 3.63) is 77.9 Å². The van der Waals surface area contributed by atoms with Crippen LogP contribution in [0.3, 0.4) is 0 Å². The van der Waals surface area contributed by atoms with Gasteiger partial charge in [0.25, 0.3) is 11.7 Å². The van der Waals surface area contributed by atoms with Crippen LogP contribution < -0.4 is 14.2 Å². The molecule has 0 aliphatic carbocycles. The van der Waals surface area contributed by atoms with Gasteiger partial charge in [-0.05, 0) is 49.2 Å². The number of aliphatic hydroxyl groups excluding tert-OH is 1. The van der Waals surface area contributed by atoms with Gasteiger partial charge in [-0.3, -0.25) is 9.59 Å². The average Bonchev–Trinajstić information content (AvgIpc) is 3.51. The van der Waals surface area contributed by atoms with Crippen molar-refractivity contribution >= 4 is 17.4 Å². The zero-order chi connectivity index (χ0) is 25.1. The standard InChI is InChI=1S/C27H27N3O6/c1-2-34-20-6-3-5-18(15-20)24-23(25(31)19-7-8-21-22(16-19)36-14-13-35-21)26(32)27(33)30(24)11-4-10-29-12-9-28-17-29/h3,5-9,12,15-17,24,31H,2,4,10-11,13-14H2,1H3/b25-23-. The van der Waals surface area contributed by atoms with Gasteiger partial charge in [-0.1, -0.05) is 12.1 Å². The number of ketones is 1. The fourth-order valence-electron chi connectivity index (χ4n) is 4.59. The predicted molar refractivity (Wildman–Crippen MR) is 131 cm³/mol. The third-order valence-electron chi connectivity index (χ3n) is 6.21. The van der Waals surface area contributed by atoms with Crippen LogP contribution in [0, 0.1) is 0 Å². The van der Waals surface area contributed by atoms with E-state index >= 15 is 0 Å². The van der Waals surface area contributed by atoms with E-state index in [1.54, 1.807) is 36.8 Å². The number of nitrogens with zero attached hydrogens (tertiary/aromatic N) is 3. The first-order chi connectivity index (χ1) is 17.6. The van der Waals surface area contributed by atoms with E-state index in [-0.39, 0.29) is 11.3 Å². The van der Waals surface area contributed by atoms with Gasteiger partial charge in [0, 0.05) is 31.0 Å². The lowest BCUT2D eigenvalue weighted by molar-refractivity contribution is -0.139. The first kappa shape index (κ1) is 23.5. The van der Waals surface area contributed by atoms with E-state index in [1.807, 2.05) is 35.9 Å². The number of carbonyl (C=O) groups is 2. The molecule has 186 valence electrons. The number of amides is 1. The fraction of sp³-hybridized carbons (Fsp3) is 0.296. The Kier molecular flexibility index (Phi) is 6.62. The van der Waals surface area contributed by atoms with E-state index < -0.39 is 17.7 Å². The van der Waals surface area contributed by atoms with Crippen LogP contribution in [-0.2, 0) is 16.1 Å². The number of aryl methyl sites for hydroxylation is 1. The Morgan fingerprint density at radius 3 is 2.72 bits per heavy atom. The van der Waals surface area contributed by atoms with Crippen molar-refractivity contribution in [2.75, 3.05) is 26.4 Å². The lowest BCUT2D eigenvalue weighted by atomic mass is 9.95. The first-order valence-corrected chi connectivity index (χ1v) is 11.9. The number of benzene rings is 2. The van der Waals surface area contributed by atoms with Crippen LogP contribution in [0.5, 0.6) is 17.2 Å². The van der Waals surface area contributed by atoms with Crippen molar-refractivity contribution in [2.24, 2.45) is 0 Å². The van der Waals surface area contributed by atoms with Gasteiger partial charge >= 0.3 is 0 Å². The second-order valence-corrected chi connectivity index (χ2v) is 8.51. The molecule has 9 nitrogen and oxygen atoms in total. The molecular weight excluding hydrogens is 462 g/mol. The zero-order valence-electron chi connectivity index (χ0n) is 19.9. The molecule has 0 saturated carbocycles. The van der Waals surface area contributed by atoms with Crippen LogP contribution in [-0.4, -0.2) is 57.6 Å². The summed E-state index contributed by atoms with van der Waals surface area (Å²) in [5.41, 5.74) is 1.09. The average molecular weight is 490 g/mol. The van der Waals surface area contributed by atoms with Crippen LogP contribution in [0.25, 0.3) is 5.76 Å². The number of likely N-dealkylation sites (tertiary alicyclic amines) is 1. The van der Waals surface area contributed by atoms with Gasteiger partial charge in [0.2, 0.25) is 0 Å². The molecule has 1 saturated heterocycles. The Morgan fingerprint density at radius 2 is 1.94 bits per heavy atom. The van der Waals surface area contributed by atoms with Crippen molar-refractivity contribution in [1.29, 1.82) is 0 Å². The predicted octanol–water partition coefficient (Wildman–Crippen LogP) is 3.57. The molecule has 1 atom stereocenters. The quantitative estimate of drug-likeness (QED) is 0.293. The highest BCUT2D eigenvalue weighted by Crippen LogP contribution is 2.41. The highest BCUT2D eigenvalue weighted by atomic mass is 16.6. The molecule has 0 bridgehead atoms. The van der Waals surface area contributed by atoms with E-state index in [0.717, 1.165) is 0 Å². The third kappa shape index (κ3) is 4.51. The molecule has 9 heteroatoms. The maximum Gasteiger partial charge on any atom is 0.295 e. The van der Waals surface area contributed by atoms with Crippen molar-refractivity contribution in [1.82, 2.24) is 14.5 Å². The van der Waals surface area contributed by atoms with Crippen molar-refractivity contribution < 1.29 is 28.9 Å². The van der Waals surface area contributed by atoms with Crippen LogP contribution in [0.1, 0.15) is 30.5 Å². The summed E-state index contributed by atoms with van der Waals surface area (Å²) < 4.78 is 18.8. The molecule has 3 heterocycles. The molecule has 1 amide bonds. The van der Waals surface area contributed by atoms with Gasteiger partial charge < -0.3 is 28.8 Å². The number of fused-ring (bicyclic) bond motifs is 1. The van der Waals surface area contributed by atoms with E-state index in [0.29, 0.717) is 67.7 Å². The normalized spacial score (nSPS) is 18.5. The van der Waals surface area contributed by atoms with Gasteiger partial charge in [0.15, 0.2) is 11.5 Å². The second-order valence-electron chi connectivity index (χ2n) is 8.51. The Balaban J connectivity index is 1.54. The summed E-state index contributed by atoms with van der Waals surface area (Å²) in [6, 6.07) is 11.5. The number of imidazole rings is 1. The molecule has 2 aliphatic heterocycles. The summed E-state index contributed by atoms with van der Waals surface area (Å²) in [5, 5.41) is 11.3. The Morgan fingerprint density at radius 1 is 1.11 bits per heavy atom. The molecular formula is C27H27N3O6. The summed E-state index contributed by atoms with van der Waals surface area (Å²) in [6.07, 6.45) is 5.85. The number of hydrogen-bond donors (Lipinski definition) is 1. The molecule has 0 spiro atoms. The van der Waals surface area contributed by atoms with E-state index in [9.17, 15) is 14.7 Å². The number of rotatable bonds is 8. The number of hydrogen-bond acceptors (Lipinski definition) is 7. The third-order valence-corrected chi connectivity index (χ3v) is 6.21. The molecule has 1 aromatic heterocycles. The number of aromatic nitrogens is 2. The highest BCUT2D eigenvalue weighted by Gasteiger charge is 2.46. The molecule has 36 heavy (non-hydrogen) atoms. The summed E-state index contributed by atoms with van der Waals surface area (Å²) in [4.78, 5) is 32.1. The minimum atomic E-state index is -0.763. The highest BCUT2D eigenvalue weighted by molar-refractivity contribution is 6.46. The van der Waals surface area contributed by atoms with Gasteiger partial charge in [-0.15, -0.1) is 0 Å². The van der Waals surface area contributed by atoms with E-state index in [1.165, 1.54) is 4.90 Å². The minimum Gasteiger partial charge on any atom is -0.507 e. The second kappa shape index (κ2) is 10.2. The smallest absolute Gasteiger partial charge is 0.295 e. The van der Waals surface area contributed by atoms with Crippen molar-refractivity contribution in [3.63, 3.8) is 0 Å². The zero-order valence-corrected chi connectivity index (χ0v) is 19.9. The number of aliphatic hydroxyl groups is 1. The summed E-state index contributed by atoms with van der Waals surface area (Å²) >= 11 is 0. The largest absolute Gasteiger partial charge is 0.507 e. The molecule has 2 aromatic carbocycles. The molecule has 1 unspecified atom stereocenters. The fourth-order valence-corrected chi connectivity index (χ4v) is 4.59. The van der Waals surface area contributed by atoms with Crippen LogP contribution in [0.15, 0.2) is 66.8 Å². The van der Waals surface area contributed by atoms with Crippen LogP contribution in [0.4, 0.5) is 0 Å². The molecule has 1 fully saturated rings.